The van der Waals surface area contributed by atoms with E-state index in [1.54, 1.807) is 20.4 Å². The number of pyridine rings is 1. The molecule has 0 atom stereocenters. The van der Waals surface area contributed by atoms with Gasteiger partial charge in [-0.2, -0.15) is 5.10 Å². The normalized spacial score (nSPS) is 11.2. The first-order chi connectivity index (χ1) is 13.7. The smallest absolute Gasteiger partial charge is 0.128 e. The zero-order valence-electron chi connectivity index (χ0n) is 16.1. The van der Waals surface area contributed by atoms with Crippen LogP contribution >= 0.6 is 0 Å². The molecule has 1 heterocycles. The molecule has 1 aromatic heterocycles. The van der Waals surface area contributed by atoms with Gasteiger partial charge in [-0.1, -0.05) is 30.3 Å². The van der Waals surface area contributed by atoms with Gasteiger partial charge in [0.05, 0.1) is 31.6 Å². The Kier molecular flexibility index (Phi) is 4.81. The number of anilines is 1. The maximum Gasteiger partial charge on any atom is 0.128 e. The highest BCUT2D eigenvalue weighted by Gasteiger charge is 2.07. The van der Waals surface area contributed by atoms with Gasteiger partial charge in [0, 0.05) is 22.7 Å². The van der Waals surface area contributed by atoms with E-state index in [9.17, 15) is 0 Å². The number of aromatic nitrogens is 1. The average Bonchev–Trinajstić information content (AvgIpc) is 2.73. The molecule has 0 fully saturated rings. The van der Waals surface area contributed by atoms with Crippen molar-refractivity contribution in [1.82, 2.24) is 4.98 Å². The molecule has 0 spiro atoms. The largest absolute Gasteiger partial charge is 0.497 e. The first-order valence-electron chi connectivity index (χ1n) is 9.00. The second-order valence-electron chi connectivity index (χ2n) is 6.47. The van der Waals surface area contributed by atoms with Crippen molar-refractivity contribution >= 4 is 33.6 Å². The second kappa shape index (κ2) is 7.56. The lowest BCUT2D eigenvalue weighted by molar-refractivity contribution is 0.415. The molecule has 4 aromatic rings. The number of hydrogen-bond donors (Lipinski definition) is 1. The molecule has 4 rings (SSSR count). The standard InChI is InChI=1S/C23H21N3O2/c1-15-12-22(19-10-9-17(27-2)13-21(19)25-15)26-24-14-20-18-7-5-4-6-16(18)8-11-23(20)28-3/h4-14H,1-3H3,(H,25,26)/b24-14+. The van der Waals surface area contributed by atoms with Crippen molar-refractivity contribution in [2.24, 2.45) is 5.10 Å². The van der Waals surface area contributed by atoms with Gasteiger partial charge >= 0.3 is 0 Å². The topological polar surface area (TPSA) is 55.7 Å². The van der Waals surface area contributed by atoms with Crippen molar-refractivity contribution in [2.75, 3.05) is 19.6 Å². The van der Waals surface area contributed by atoms with Crippen LogP contribution in [-0.4, -0.2) is 25.4 Å². The summed E-state index contributed by atoms with van der Waals surface area (Å²) in [5.74, 6) is 1.56. The van der Waals surface area contributed by atoms with Crippen LogP contribution in [0.25, 0.3) is 21.7 Å². The highest BCUT2D eigenvalue weighted by molar-refractivity contribution is 6.03. The zero-order valence-corrected chi connectivity index (χ0v) is 16.1. The number of nitrogens with zero attached hydrogens (tertiary/aromatic N) is 2. The minimum Gasteiger partial charge on any atom is -0.497 e. The Labute approximate surface area is 163 Å². The fraction of sp³-hybridized carbons (Fsp3) is 0.130. The zero-order chi connectivity index (χ0) is 19.5. The third-order valence-electron chi connectivity index (χ3n) is 4.67. The van der Waals surface area contributed by atoms with Crippen LogP contribution in [0.3, 0.4) is 0 Å². The molecule has 0 unspecified atom stereocenters. The molecule has 140 valence electrons. The molecule has 0 bridgehead atoms. The molecule has 3 aromatic carbocycles. The molecule has 0 saturated heterocycles. The number of methoxy groups -OCH3 is 2. The summed E-state index contributed by atoms with van der Waals surface area (Å²) in [6.45, 7) is 1.96. The average molecular weight is 371 g/mol. The lowest BCUT2D eigenvalue weighted by atomic mass is 10.0. The number of hydrogen-bond acceptors (Lipinski definition) is 5. The predicted octanol–water partition coefficient (Wildman–Crippen LogP) is 5.16. The van der Waals surface area contributed by atoms with Gasteiger partial charge in [-0.15, -0.1) is 0 Å². The van der Waals surface area contributed by atoms with Gasteiger partial charge in [-0.25, -0.2) is 0 Å². The number of ether oxygens (including phenoxy) is 2. The number of nitrogens with one attached hydrogen (secondary N) is 1. The minimum atomic E-state index is 0.778. The monoisotopic (exact) mass is 371 g/mol. The van der Waals surface area contributed by atoms with Gasteiger partial charge < -0.3 is 9.47 Å². The molecule has 0 aliphatic rings. The third-order valence-corrected chi connectivity index (χ3v) is 4.67. The first-order valence-corrected chi connectivity index (χ1v) is 9.00. The fourth-order valence-electron chi connectivity index (χ4n) is 3.31. The summed E-state index contributed by atoms with van der Waals surface area (Å²) in [4.78, 5) is 4.59. The Balaban J connectivity index is 1.72. The van der Waals surface area contributed by atoms with Crippen LogP contribution in [0.2, 0.25) is 0 Å². The van der Waals surface area contributed by atoms with Gasteiger partial charge in [0.2, 0.25) is 0 Å². The van der Waals surface area contributed by atoms with E-state index >= 15 is 0 Å². The lowest BCUT2D eigenvalue weighted by Crippen LogP contribution is -1.97. The van der Waals surface area contributed by atoms with E-state index in [0.29, 0.717) is 0 Å². The Morgan fingerprint density at radius 2 is 1.79 bits per heavy atom. The van der Waals surface area contributed by atoms with Gasteiger partial charge in [-0.3, -0.25) is 10.4 Å². The van der Waals surface area contributed by atoms with Crippen molar-refractivity contribution in [3.63, 3.8) is 0 Å². The molecule has 1 N–H and O–H groups in total. The van der Waals surface area contributed by atoms with Crippen molar-refractivity contribution in [3.05, 3.63) is 71.9 Å². The lowest BCUT2D eigenvalue weighted by Gasteiger charge is -2.10. The van der Waals surface area contributed by atoms with Crippen LogP contribution in [0, 0.1) is 6.92 Å². The fourth-order valence-corrected chi connectivity index (χ4v) is 3.31. The van der Waals surface area contributed by atoms with Gasteiger partial charge in [-0.05, 0) is 42.0 Å². The summed E-state index contributed by atoms with van der Waals surface area (Å²) in [5, 5.41) is 7.70. The van der Waals surface area contributed by atoms with E-state index in [4.69, 9.17) is 9.47 Å². The van der Waals surface area contributed by atoms with Crippen molar-refractivity contribution in [1.29, 1.82) is 0 Å². The van der Waals surface area contributed by atoms with E-state index in [2.05, 4.69) is 27.6 Å². The van der Waals surface area contributed by atoms with Crippen LogP contribution in [-0.2, 0) is 0 Å². The second-order valence-corrected chi connectivity index (χ2v) is 6.47. The summed E-state index contributed by atoms with van der Waals surface area (Å²) in [7, 11) is 3.32. The molecular formula is C23H21N3O2. The molecular weight excluding hydrogens is 350 g/mol. The molecule has 0 aliphatic carbocycles. The van der Waals surface area contributed by atoms with E-state index in [0.717, 1.165) is 50.1 Å². The van der Waals surface area contributed by atoms with Crippen LogP contribution in [0.5, 0.6) is 11.5 Å². The van der Waals surface area contributed by atoms with Crippen LogP contribution in [0.4, 0.5) is 5.69 Å². The van der Waals surface area contributed by atoms with E-state index in [1.807, 2.05) is 55.5 Å². The summed E-state index contributed by atoms with van der Waals surface area (Å²) in [5.41, 5.74) is 6.75. The summed E-state index contributed by atoms with van der Waals surface area (Å²) < 4.78 is 10.8. The maximum absolute atomic E-state index is 5.53. The summed E-state index contributed by atoms with van der Waals surface area (Å²) in [6, 6.07) is 20.0. The SMILES string of the molecule is COc1ccc2c(N/N=C/c3c(OC)ccc4ccccc34)cc(C)nc2c1. The molecule has 0 radical (unpaired) electrons. The van der Waals surface area contributed by atoms with Crippen molar-refractivity contribution in [2.45, 2.75) is 6.92 Å². The molecule has 0 aliphatic heterocycles. The van der Waals surface area contributed by atoms with Gasteiger partial charge in [0.15, 0.2) is 0 Å². The number of hydrazone groups is 1. The minimum absolute atomic E-state index is 0.778. The van der Waals surface area contributed by atoms with Crippen molar-refractivity contribution in [3.8, 4) is 11.5 Å². The van der Waals surface area contributed by atoms with Crippen molar-refractivity contribution < 1.29 is 9.47 Å². The summed E-state index contributed by atoms with van der Waals surface area (Å²) in [6.07, 6.45) is 1.80. The number of aryl methyl sites for hydroxylation is 1. The number of benzene rings is 3. The highest BCUT2D eigenvalue weighted by Crippen LogP contribution is 2.28. The Hall–Kier alpha value is -3.60. The third kappa shape index (κ3) is 3.34. The maximum atomic E-state index is 5.53. The van der Waals surface area contributed by atoms with Crippen LogP contribution in [0.15, 0.2) is 65.8 Å². The molecule has 28 heavy (non-hydrogen) atoms. The van der Waals surface area contributed by atoms with Crippen LogP contribution < -0.4 is 14.9 Å². The van der Waals surface area contributed by atoms with E-state index < -0.39 is 0 Å². The number of fused-ring (bicyclic) bond motifs is 2. The van der Waals surface area contributed by atoms with Crippen LogP contribution in [0.1, 0.15) is 11.3 Å². The van der Waals surface area contributed by atoms with E-state index in [-0.39, 0.29) is 0 Å². The molecule has 5 nitrogen and oxygen atoms in total. The Morgan fingerprint density at radius 1 is 0.929 bits per heavy atom. The number of rotatable bonds is 5. The quantitative estimate of drug-likeness (QED) is 0.389. The van der Waals surface area contributed by atoms with Gasteiger partial charge in [0.1, 0.15) is 11.5 Å². The Morgan fingerprint density at radius 3 is 2.61 bits per heavy atom. The predicted molar refractivity (Wildman–Crippen MR) is 115 cm³/mol. The molecule has 0 saturated carbocycles. The van der Waals surface area contributed by atoms with E-state index in [1.165, 1.54) is 0 Å². The molecule has 5 heteroatoms. The molecule has 0 amide bonds. The van der Waals surface area contributed by atoms with Gasteiger partial charge in [0.25, 0.3) is 0 Å². The highest BCUT2D eigenvalue weighted by atomic mass is 16.5. The summed E-state index contributed by atoms with van der Waals surface area (Å²) >= 11 is 0. The Bertz CT molecular complexity index is 1190. The first kappa shape index (κ1) is 17.8.